The van der Waals surface area contributed by atoms with Gasteiger partial charge in [-0.3, -0.25) is 0 Å². The third-order valence-corrected chi connectivity index (χ3v) is 4.14. The normalized spacial score (nSPS) is 17.6. The van der Waals surface area contributed by atoms with E-state index in [1.54, 1.807) is 7.11 Å². The first-order valence-corrected chi connectivity index (χ1v) is 7.37. The highest BCUT2D eigenvalue weighted by molar-refractivity contribution is 9.10. The summed E-state index contributed by atoms with van der Waals surface area (Å²) in [6.45, 7) is 6.86. The average Bonchev–Trinajstić information content (AvgIpc) is 2.26. The van der Waals surface area contributed by atoms with Gasteiger partial charge in [0.05, 0.1) is 7.11 Å². The first kappa shape index (κ1) is 13.9. The van der Waals surface area contributed by atoms with E-state index in [2.05, 4.69) is 47.2 Å². The SMILES string of the molecule is COc1ccc(Br)cc1CC1(CC(C)C)CNC1. The lowest BCUT2D eigenvalue weighted by Crippen LogP contribution is -2.55. The Morgan fingerprint density at radius 1 is 1.39 bits per heavy atom. The quantitative estimate of drug-likeness (QED) is 0.896. The standard InChI is InChI=1S/C15H22BrNO/c1-11(2)7-15(9-17-10-15)8-12-6-13(16)4-5-14(12)18-3/h4-6,11,17H,7-10H2,1-3H3. The van der Waals surface area contributed by atoms with Crippen molar-refractivity contribution in [3.8, 4) is 5.75 Å². The van der Waals surface area contributed by atoms with E-state index in [4.69, 9.17) is 4.74 Å². The molecule has 0 radical (unpaired) electrons. The van der Waals surface area contributed by atoms with Crippen molar-refractivity contribution in [3.05, 3.63) is 28.2 Å². The third kappa shape index (κ3) is 3.07. The van der Waals surface area contributed by atoms with Crippen molar-refractivity contribution in [2.45, 2.75) is 26.7 Å². The Morgan fingerprint density at radius 3 is 2.61 bits per heavy atom. The second-order valence-electron chi connectivity index (χ2n) is 5.83. The van der Waals surface area contributed by atoms with Crippen LogP contribution in [0.1, 0.15) is 25.8 Å². The molecule has 0 bridgehead atoms. The molecule has 2 nitrogen and oxygen atoms in total. The maximum Gasteiger partial charge on any atom is 0.122 e. The molecule has 1 saturated heterocycles. The minimum Gasteiger partial charge on any atom is -0.496 e. The van der Waals surface area contributed by atoms with E-state index < -0.39 is 0 Å². The Morgan fingerprint density at radius 2 is 2.11 bits per heavy atom. The Kier molecular flexibility index (Phi) is 4.33. The van der Waals surface area contributed by atoms with Crippen LogP contribution >= 0.6 is 15.9 Å². The molecule has 3 heteroatoms. The van der Waals surface area contributed by atoms with Crippen LogP contribution in [-0.2, 0) is 6.42 Å². The summed E-state index contributed by atoms with van der Waals surface area (Å²) >= 11 is 3.55. The summed E-state index contributed by atoms with van der Waals surface area (Å²) in [6, 6.07) is 6.28. The zero-order valence-corrected chi connectivity index (χ0v) is 13.0. The first-order chi connectivity index (χ1) is 8.54. The highest BCUT2D eigenvalue weighted by Gasteiger charge is 2.37. The minimum atomic E-state index is 0.419. The molecule has 0 spiro atoms. The van der Waals surface area contributed by atoms with Crippen molar-refractivity contribution in [1.29, 1.82) is 0 Å². The summed E-state index contributed by atoms with van der Waals surface area (Å²) in [6.07, 6.45) is 2.37. The van der Waals surface area contributed by atoms with Crippen LogP contribution in [0.25, 0.3) is 0 Å². The van der Waals surface area contributed by atoms with Gasteiger partial charge in [0.25, 0.3) is 0 Å². The van der Waals surface area contributed by atoms with E-state index in [1.807, 2.05) is 6.07 Å². The fraction of sp³-hybridized carbons (Fsp3) is 0.600. The highest BCUT2D eigenvalue weighted by atomic mass is 79.9. The van der Waals surface area contributed by atoms with Crippen LogP contribution in [0.4, 0.5) is 0 Å². The van der Waals surface area contributed by atoms with Crippen molar-refractivity contribution >= 4 is 15.9 Å². The van der Waals surface area contributed by atoms with Crippen LogP contribution in [0, 0.1) is 11.3 Å². The summed E-state index contributed by atoms with van der Waals surface area (Å²) in [5.74, 6) is 1.75. The Bertz CT molecular complexity index is 413. The number of nitrogens with one attached hydrogen (secondary N) is 1. The molecule has 1 aromatic rings. The van der Waals surface area contributed by atoms with Gasteiger partial charge >= 0.3 is 0 Å². The molecule has 0 aromatic heterocycles. The predicted octanol–water partition coefficient (Wildman–Crippen LogP) is 3.64. The molecule has 2 rings (SSSR count). The molecular weight excluding hydrogens is 290 g/mol. The first-order valence-electron chi connectivity index (χ1n) is 6.58. The number of benzene rings is 1. The number of ether oxygens (including phenoxy) is 1. The number of rotatable bonds is 5. The van der Waals surface area contributed by atoms with E-state index in [9.17, 15) is 0 Å². The third-order valence-electron chi connectivity index (χ3n) is 3.65. The van der Waals surface area contributed by atoms with Crippen LogP contribution in [-0.4, -0.2) is 20.2 Å². The topological polar surface area (TPSA) is 21.3 Å². The van der Waals surface area contributed by atoms with Crippen molar-refractivity contribution in [1.82, 2.24) is 5.32 Å². The zero-order valence-electron chi connectivity index (χ0n) is 11.4. The van der Waals surface area contributed by atoms with Gasteiger partial charge in [-0.25, -0.2) is 0 Å². The molecule has 0 amide bonds. The summed E-state index contributed by atoms with van der Waals surface area (Å²) in [5.41, 5.74) is 1.73. The summed E-state index contributed by atoms with van der Waals surface area (Å²) < 4.78 is 6.61. The maximum absolute atomic E-state index is 5.48. The zero-order chi connectivity index (χ0) is 13.2. The van der Waals surface area contributed by atoms with E-state index in [0.29, 0.717) is 5.41 Å². The molecule has 1 N–H and O–H groups in total. The van der Waals surface area contributed by atoms with Crippen LogP contribution in [0.15, 0.2) is 22.7 Å². The van der Waals surface area contributed by atoms with Gasteiger partial charge < -0.3 is 10.1 Å². The number of hydrogen-bond acceptors (Lipinski definition) is 2. The van der Waals surface area contributed by atoms with Gasteiger partial charge in [-0.15, -0.1) is 0 Å². The van der Waals surface area contributed by atoms with Crippen LogP contribution < -0.4 is 10.1 Å². The number of halogens is 1. The average molecular weight is 312 g/mol. The van der Waals surface area contributed by atoms with E-state index in [0.717, 1.165) is 35.7 Å². The molecule has 0 saturated carbocycles. The highest BCUT2D eigenvalue weighted by Crippen LogP contribution is 2.37. The van der Waals surface area contributed by atoms with Crippen LogP contribution in [0.2, 0.25) is 0 Å². The fourth-order valence-electron chi connectivity index (χ4n) is 2.98. The Balaban J connectivity index is 2.19. The monoisotopic (exact) mass is 311 g/mol. The van der Waals surface area contributed by atoms with E-state index in [-0.39, 0.29) is 0 Å². The number of hydrogen-bond donors (Lipinski definition) is 1. The lowest BCUT2D eigenvalue weighted by molar-refractivity contribution is 0.130. The predicted molar refractivity (Wildman–Crippen MR) is 79.2 cm³/mol. The van der Waals surface area contributed by atoms with Gasteiger partial charge in [0.15, 0.2) is 0 Å². The van der Waals surface area contributed by atoms with Crippen molar-refractivity contribution in [2.24, 2.45) is 11.3 Å². The molecule has 1 fully saturated rings. The summed E-state index contributed by atoms with van der Waals surface area (Å²) in [4.78, 5) is 0. The molecular formula is C15H22BrNO. The van der Waals surface area contributed by atoms with Gasteiger partial charge in [-0.2, -0.15) is 0 Å². The Labute approximate surface area is 118 Å². The second-order valence-corrected chi connectivity index (χ2v) is 6.75. The molecule has 18 heavy (non-hydrogen) atoms. The molecule has 0 unspecified atom stereocenters. The number of methoxy groups -OCH3 is 1. The molecule has 1 heterocycles. The summed E-state index contributed by atoms with van der Waals surface area (Å²) in [5, 5.41) is 3.43. The van der Waals surface area contributed by atoms with Crippen molar-refractivity contribution in [3.63, 3.8) is 0 Å². The van der Waals surface area contributed by atoms with Crippen LogP contribution in [0.5, 0.6) is 5.75 Å². The Hall–Kier alpha value is -0.540. The van der Waals surface area contributed by atoms with E-state index >= 15 is 0 Å². The lowest BCUT2D eigenvalue weighted by atomic mass is 9.71. The second kappa shape index (κ2) is 5.62. The van der Waals surface area contributed by atoms with Gasteiger partial charge in [0.1, 0.15) is 5.75 Å². The molecule has 0 atom stereocenters. The van der Waals surface area contributed by atoms with Crippen LogP contribution in [0.3, 0.4) is 0 Å². The van der Waals surface area contributed by atoms with Gasteiger partial charge in [-0.05, 0) is 47.9 Å². The largest absolute Gasteiger partial charge is 0.496 e. The molecule has 1 aliphatic rings. The summed E-state index contributed by atoms with van der Waals surface area (Å²) in [7, 11) is 1.75. The minimum absolute atomic E-state index is 0.419. The molecule has 100 valence electrons. The smallest absolute Gasteiger partial charge is 0.122 e. The van der Waals surface area contributed by atoms with E-state index in [1.165, 1.54) is 12.0 Å². The van der Waals surface area contributed by atoms with Gasteiger partial charge in [0.2, 0.25) is 0 Å². The lowest BCUT2D eigenvalue weighted by Gasteiger charge is -2.44. The van der Waals surface area contributed by atoms with Gasteiger partial charge in [0, 0.05) is 17.6 Å². The molecule has 0 aliphatic carbocycles. The van der Waals surface area contributed by atoms with Crippen molar-refractivity contribution < 1.29 is 4.74 Å². The fourth-order valence-corrected chi connectivity index (χ4v) is 3.38. The van der Waals surface area contributed by atoms with Crippen molar-refractivity contribution in [2.75, 3.05) is 20.2 Å². The molecule has 1 aromatic carbocycles. The van der Waals surface area contributed by atoms with Gasteiger partial charge in [-0.1, -0.05) is 29.8 Å². The maximum atomic E-state index is 5.48. The molecule has 1 aliphatic heterocycles.